The second kappa shape index (κ2) is 7.32. The number of benzene rings is 1. The largest absolute Gasteiger partial charge is 0.323 e. The number of anilines is 1. The van der Waals surface area contributed by atoms with Crippen molar-refractivity contribution in [2.24, 2.45) is 7.05 Å². The topological polar surface area (TPSA) is 59.8 Å². The Bertz CT molecular complexity index is 923. The van der Waals surface area contributed by atoms with Gasteiger partial charge in [-0.15, -0.1) is 21.5 Å². The van der Waals surface area contributed by atoms with Crippen molar-refractivity contribution in [2.75, 3.05) is 11.1 Å². The molecular weight excluding hydrogens is 366 g/mol. The molecule has 1 amide bonds. The molecule has 130 valence electrons. The number of rotatable bonds is 5. The molecule has 2 heterocycles. The van der Waals surface area contributed by atoms with Crippen LogP contribution in [0.5, 0.6) is 0 Å². The van der Waals surface area contributed by atoms with E-state index in [9.17, 15) is 13.6 Å². The number of hydrogen-bond acceptors (Lipinski definition) is 5. The Morgan fingerprint density at radius 1 is 1.32 bits per heavy atom. The first-order valence-corrected chi connectivity index (χ1v) is 9.13. The molecule has 3 aromatic rings. The molecule has 3 rings (SSSR count). The Morgan fingerprint density at radius 2 is 2.12 bits per heavy atom. The van der Waals surface area contributed by atoms with E-state index in [1.807, 2.05) is 25.4 Å². The lowest BCUT2D eigenvalue weighted by Gasteiger charge is -2.06. The highest BCUT2D eigenvalue weighted by molar-refractivity contribution is 7.99. The first-order chi connectivity index (χ1) is 11.9. The highest BCUT2D eigenvalue weighted by Gasteiger charge is 2.14. The Kier molecular flexibility index (Phi) is 5.14. The number of carbonyl (C=O) groups excluding carboxylic acids is 1. The summed E-state index contributed by atoms with van der Waals surface area (Å²) in [6.45, 7) is 2.01. The number of thioether (sulfide) groups is 1. The van der Waals surface area contributed by atoms with Gasteiger partial charge in [-0.1, -0.05) is 11.8 Å². The summed E-state index contributed by atoms with van der Waals surface area (Å²) in [4.78, 5) is 13.1. The van der Waals surface area contributed by atoms with E-state index in [4.69, 9.17) is 0 Å². The minimum absolute atomic E-state index is 0.0332. The molecule has 0 spiro atoms. The lowest BCUT2D eigenvalue weighted by Crippen LogP contribution is -2.15. The normalized spacial score (nSPS) is 10.9. The van der Waals surface area contributed by atoms with Gasteiger partial charge in [0.15, 0.2) is 11.0 Å². The quantitative estimate of drug-likeness (QED) is 0.683. The molecule has 1 aromatic carbocycles. The van der Waals surface area contributed by atoms with Crippen LogP contribution in [-0.4, -0.2) is 26.4 Å². The van der Waals surface area contributed by atoms with Crippen LogP contribution in [0.2, 0.25) is 0 Å². The van der Waals surface area contributed by atoms with Gasteiger partial charge in [0.05, 0.1) is 11.4 Å². The zero-order valence-electron chi connectivity index (χ0n) is 13.4. The van der Waals surface area contributed by atoms with Gasteiger partial charge in [-0.25, -0.2) is 8.78 Å². The van der Waals surface area contributed by atoms with E-state index in [1.165, 1.54) is 22.7 Å². The summed E-state index contributed by atoms with van der Waals surface area (Å²) in [5.74, 6) is -1.17. The fourth-order valence-electron chi connectivity index (χ4n) is 2.16. The Hall–Kier alpha value is -2.26. The predicted octanol–water partition coefficient (Wildman–Crippen LogP) is 3.86. The van der Waals surface area contributed by atoms with Crippen LogP contribution >= 0.6 is 23.1 Å². The zero-order valence-corrected chi connectivity index (χ0v) is 15.0. The van der Waals surface area contributed by atoms with E-state index in [2.05, 4.69) is 15.5 Å². The fraction of sp³-hybridized carbons (Fsp3) is 0.188. The number of halogens is 2. The number of amides is 1. The lowest BCUT2D eigenvalue weighted by atomic mass is 10.3. The first kappa shape index (κ1) is 17.6. The van der Waals surface area contributed by atoms with Gasteiger partial charge < -0.3 is 9.88 Å². The summed E-state index contributed by atoms with van der Waals surface area (Å²) in [5, 5.41) is 13.2. The van der Waals surface area contributed by atoms with E-state index < -0.39 is 17.5 Å². The van der Waals surface area contributed by atoms with Crippen molar-refractivity contribution >= 4 is 34.7 Å². The molecule has 5 nitrogen and oxygen atoms in total. The van der Waals surface area contributed by atoms with Crippen molar-refractivity contribution in [1.29, 1.82) is 0 Å². The molecule has 1 N–H and O–H groups in total. The van der Waals surface area contributed by atoms with Crippen molar-refractivity contribution in [2.45, 2.75) is 12.1 Å². The van der Waals surface area contributed by atoms with Crippen LogP contribution in [0.25, 0.3) is 11.4 Å². The highest BCUT2D eigenvalue weighted by atomic mass is 32.2. The number of carbonyl (C=O) groups is 1. The summed E-state index contributed by atoms with van der Waals surface area (Å²) in [5.41, 5.74) is 0.918. The summed E-state index contributed by atoms with van der Waals surface area (Å²) in [7, 11) is 1.82. The lowest BCUT2D eigenvalue weighted by molar-refractivity contribution is -0.113. The second-order valence-electron chi connectivity index (χ2n) is 5.27. The second-order valence-corrected chi connectivity index (χ2v) is 7.33. The molecule has 0 unspecified atom stereocenters. The van der Waals surface area contributed by atoms with Gasteiger partial charge in [0.25, 0.3) is 0 Å². The minimum Gasteiger partial charge on any atom is -0.323 e. The number of aromatic nitrogens is 3. The van der Waals surface area contributed by atoms with Crippen LogP contribution in [0, 0.1) is 18.6 Å². The maximum atomic E-state index is 13.5. The number of hydrogen-bond donors (Lipinski definition) is 1. The smallest absolute Gasteiger partial charge is 0.234 e. The molecule has 0 aliphatic rings. The molecule has 0 fully saturated rings. The third-order valence-electron chi connectivity index (χ3n) is 3.36. The molecule has 9 heteroatoms. The molecule has 2 aromatic heterocycles. The van der Waals surface area contributed by atoms with Crippen LogP contribution in [-0.2, 0) is 11.8 Å². The van der Waals surface area contributed by atoms with Crippen molar-refractivity contribution in [1.82, 2.24) is 14.8 Å². The van der Waals surface area contributed by atoms with E-state index in [0.717, 1.165) is 23.5 Å². The predicted molar refractivity (Wildman–Crippen MR) is 94.8 cm³/mol. The standard InChI is InChI=1S/C16H14F2N4OS2/c1-9-5-10(7-24-9)15-20-21-16(22(15)2)25-8-14(23)19-13-4-3-11(17)6-12(13)18/h3-7H,8H2,1-2H3,(H,19,23). The van der Waals surface area contributed by atoms with E-state index in [1.54, 1.807) is 15.9 Å². The van der Waals surface area contributed by atoms with Crippen molar-refractivity contribution in [3.05, 3.63) is 46.2 Å². The van der Waals surface area contributed by atoms with Gasteiger partial charge in [0.2, 0.25) is 5.91 Å². The Labute approximate surface area is 151 Å². The molecule has 0 saturated heterocycles. The summed E-state index contributed by atoms with van der Waals surface area (Å²) >= 11 is 2.81. The molecule has 0 aliphatic heterocycles. The summed E-state index contributed by atoms with van der Waals surface area (Å²) < 4.78 is 28.2. The zero-order chi connectivity index (χ0) is 18.0. The van der Waals surface area contributed by atoms with Gasteiger partial charge >= 0.3 is 0 Å². The van der Waals surface area contributed by atoms with Gasteiger partial charge in [0, 0.05) is 28.9 Å². The Morgan fingerprint density at radius 3 is 2.80 bits per heavy atom. The summed E-state index contributed by atoms with van der Waals surface area (Å²) in [6.07, 6.45) is 0. The molecule has 0 atom stereocenters. The molecule has 0 saturated carbocycles. The highest BCUT2D eigenvalue weighted by Crippen LogP contribution is 2.26. The maximum absolute atomic E-state index is 13.5. The number of aryl methyl sites for hydroxylation is 1. The van der Waals surface area contributed by atoms with E-state index in [0.29, 0.717) is 5.16 Å². The fourth-order valence-corrected chi connectivity index (χ4v) is 3.55. The van der Waals surface area contributed by atoms with Crippen LogP contribution in [0.1, 0.15) is 4.88 Å². The van der Waals surface area contributed by atoms with Crippen molar-refractivity contribution in [3.8, 4) is 11.4 Å². The maximum Gasteiger partial charge on any atom is 0.234 e. The minimum atomic E-state index is -0.813. The van der Waals surface area contributed by atoms with Crippen LogP contribution < -0.4 is 5.32 Å². The van der Waals surface area contributed by atoms with Gasteiger partial charge in [-0.05, 0) is 25.1 Å². The monoisotopic (exact) mass is 380 g/mol. The van der Waals surface area contributed by atoms with Crippen molar-refractivity contribution in [3.63, 3.8) is 0 Å². The SMILES string of the molecule is Cc1cc(-c2nnc(SCC(=O)Nc3ccc(F)cc3F)n2C)cs1. The third-order valence-corrected chi connectivity index (χ3v) is 5.24. The van der Waals surface area contributed by atoms with Crippen molar-refractivity contribution < 1.29 is 13.6 Å². The van der Waals surface area contributed by atoms with E-state index >= 15 is 0 Å². The van der Waals surface area contributed by atoms with Crippen LogP contribution in [0.4, 0.5) is 14.5 Å². The van der Waals surface area contributed by atoms with E-state index in [-0.39, 0.29) is 11.4 Å². The number of nitrogens with zero attached hydrogens (tertiary/aromatic N) is 3. The molecule has 25 heavy (non-hydrogen) atoms. The third kappa shape index (κ3) is 4.05. The van der Waals surface area contributed by atoms with Crippen LogP contribution in [0.3, 0.4) is 0 Å². The van der Waals surface area contributed by atoms with Crippen LogP contribution in [0.15, 0.2) is 34.8 Å². The van der Waals surface area contributed by atoms with Gasteiger partial charge in [0.1, 0.15) is 11.6 Å². The number of nitrogens with one attached hydrogen (secondary N) is 1. The molecule has 0 radical (unpaired) electrons. The number of thiophene rings is 1. The van der Waals surface area contributed by atoms with Gasteiger partial charge in [-0.3, -0.25) is 4.79 Å². The molecule has 0 bridgehead atoms. The summed E-state index contributed by atoms with van der Waals surface area (Å²) in [6, 6.07) is 5.02. The average molecular weight is 380 g/mol. The Balaban J connectivity index is 1.63. The first-order valence-electron chi connectivity index (χ1n) is 7.26. The average Bonchev–Trinajstić information content (AvgIpc) is 3.14. The van der Waals surface area contributed by atoms with Gasteiger partial charge in [-0.2, -0.15) is 0 Å². The molecule has 0 aliphatic carbocycles. The molecular formula is C16H14F2N4OS2.